The number of nitrogens with zero attached hydrogens (tertiary/aromatic N) is 2. The van der Waals surface area contributed by atoms with E-state index in [0.29, 0.717) is 10.8 Å². The number of aromatic nitrogens is 2. The molecule has 17 heavy (non-hydrogen) atoms. The van der Waals surface area contributed by atoms with Crippen molar-refractivity contribution in [2.75, 3.05) is 0 Å². The summed E-state index contributed by atoms with van der Waals surface area (Å²) >= 11 is 6.07. The van der Waals surface area contributed by atoms with Crippen LogP contribution >= 0.6 is 11.6 Å². The van der Waals surface area contributed by atoms with Gasteiger partial charge in [0.2, 0.25) is 0 Å². The van der Waals surface area contributed by atoms with Gasteiger partial charge in [0.15, 0.2) is 10.8 Å². The summed E-state index contributed by atoms with van der Waals surface area (Å²) in [5, 5.41) is 0.384. The topological polar surface area (TPSA) is 25.8 Å². The first-order chi connectivity index (χ1) is 7.96. The average molecular weight is 261 g/mol. The smallest absolute Gasteiger partial charge is 0.163 e. The van der Waals surface area contributed by atoms with E-state index in [1.54, 1.807) is 0 Å². The largest absolute Gasteiger partial charge is 0.234 e. The van der Waals surface area contributed by atoms with E-state index in [-0.39, 0.29) is 0 Å². The zero-order chi connectivity index (χ0) is 12.5. The normalized spacial score (nSPS) is 11.1. The third kappa shape index (κ3) is 3.06. The Morgan fingerprint density at radius 2 is 1.65 bits per heavy atom. The van der Waals surface area contributed by atoms with E-state index in [1.807, 2.05) is 24.3 Å². The Kier molecular flexibility index (Phi) is 3.19. The van der Waals surface area contributed by atoms with Crippen molar-refractivity contribution in [1.29, 1.82) is 0 Å². The Hall–Kier alpha value is -1.37. The second-order valence-corrected chi connectivity index (χ2v) is 9.96. The second kappa shape index (κ2) is 4.48. The van der Waals surface area contributed by atoms with Gasteiger partial charge < -0.3 is 0 Å². The molecule has 1 aromatic carbocycles. The Balaban J connectivity index is 2.54. The van der Waals surface area contributed by atoms with Crippen LogP contribution in [0.3, 0.4) is 0 Å². The van der Waals surface area contributed by atoms with Crippen LogP contribution < -0.4 is 0 Å². The zero-order valence-corrected chi connectivity index (χ0v) is 11.8. The lowest BCUT2D eigenvalue weighted by molar-refractivity contribution is 1.26. The molecule has 2 rings (SSSR count). The SMILES string of the molecule is C[Si](C)(C)C#Cc1nc2ccccc2nc1Cl. The van der Waals surface area contributed by atoms with Gasteiger partial charge in [-0.3, -0.25) is 0 Å². The molecule has 86 valence electrons. The van der Waals surface area contributed by atoms with E-state index in [1.165, 1.54) is 0 Å². The monoisotopic (exact) mass is 260 g/mol. The minimum absolute atomic E-state index is 0.384. The van der Waals surface area contributed by atoms with Gasteiger partial charge in [0.25, 0.3) is 0 Å². The molecule has 0 radical (unpaired) electrons. The summed E-state index contributed by atoms with van der Waals surface area (Å²) in [5.41, 5.74) is 5.45. The highest BCUT2D eigenvalue weighted by Crippen LogP contribution is 2.16. The zero-order valence-electron chi connectivity index (χ0n) is 10.1. The summed E-state index contributed by atoms with van der Waals surface area (Å²) in [6.07, 6.45) is 0. The fraction of sp³-hybridized carbons (Fsp3) is 0.231. The van der Waals surface area contributed by atoms with E-state index in [9.17, 15) is 0 Å². The number of para-hydroxylation sites is 2. The van der Waals surface area contributed by atoms with Gasteiger partial charge in [-0.05, 0) is 12.1 Å². The Labute approximate surface area is 107 Å². The van der Waals surface area contributed by atoms with Crippen molar-refractivity contribution in [3.05, 3.63) is 35.1 Å². The van der Waals surface area contributed by atoms with Gasteiger partial charge in [-0.25, -0.2) is 9.97 Å². The summed E-state index contributed by atoms with van der Waals surface area (Å²) in [5.74, 6) is 3.05. The molecule has 0 fully saturated rings. The van der Waals surface area contributed by atoms with Gasteiger partial charge >= 0.3 is 0 Å². The van der Waals surface area contributed by atoms with Gasteiger partial charge in [-0.15, -0.1) is 5.54 Å². The van der Waals surface area contributed by atoms with Crippen LogP contribution in [0.1, 0.15) is 5.69 Å². The summed E-state index contributed by atoms with van der Waals surface area (Å²) in [6.45, 7) is 6.55. The van der Waals surface area contributed by atoms with Crippen molar-refractivity contribution in [2.24, 2.45) is 0 Å². The Bertz CT molecular complexity index is 621. The standard InChI is InChI=1S/C13H13ClN2Si/c1-17(2,3)9-8-12-13(14)16-11-7-5-4-6-10(11)15-12/h4-7H,1-3H3. The molecular formula is C13H13ClN2Si. The number of fused-ring (bicyclic) bond motifs is 1. The fourth-order valence-corrected chi connectivity index (χ4v) is 1.98. The predicted molar refractivity (Wildman–Crippen MR) is 74.8 cm³/mol. The fourth-order valence-electron chi connectivity index (χ4n) is 1.30. The first-order valence-electron chi connectivity index (χ1n) is 5.41. The molecule has 0 aliphatic rings. The minimum atomic E-state index is -1.42. The summed E-state index contributed by atoms with van der Waals surface area (Å²) in [6, 6.07) is 7.66. The van der Waals surface area contributed by atoms with Crippen molar-refractivity contribution in [2.45, 2.75) is 19.6 Å². The van der Waals surface area contributed by atoms with Crippen LogP contribution in [0.5, 0.6) is 0 Å². The van der Waals surface area contributed by atoms with E-state index in [0.717, 1.165) is 11.0 Å². The predicted octanol–water partition coefficient (Wildman–Crippen LogP) is 3.51. The highest BCUT2D eigenvalue weighted by molar-refractivity contribution is 6.83. The Morgan fingerprint density at radius 1 is 1.06 bits per heavy atom. The molecule has 0 N–H and O–H groups in total. The summed E-state index contributed by atoms with van der Waals surface area (Å²) < 4.78 is 0. The van der Waals surface area contributed by atoms with Gasteiger partial charge in [-0.2, -0.15) is 0 Å². The molecular weight excluding hydrogens is 248 g/mol. The van der Waals surface area contributed by atoms with E-state index in [2.05, 4.69) is 41.1 Å². The minimum Gasteiger partial charge on any atom is -0.234 e. The van der Waals surface area contributed by atoms with Gasteiger partial charge in [0, 0.05) is 0 Å². The van der Waals surface area contributed by atoms with Crippen molar-refractivity contribution in [3.63, 3.8) is 0 Å². The first kappa shape index (κ1) is 12.1. The first-order valence-corrected chi connectivity index (χ1v) is 9.29. The quantitative estimate of drug-likeness (QED) is 0.535. The van der Waals surface area contributed by atoms with Crippen molar-refractivity contribution in [1.82, 2.24) is 9.97 Å². The summed E-state index contributed by atoms with van der Waals surface area (Å²) in [7, 11) is -1.42. The highest BCUT2D eigenvalue weighted by Gasteiger charge is 2.09. The second-order valence-electron chi connectivity index (χ2n) is 4.85. The molecule has 0 aliphatic carbocycles. The van der Waals surface area contributed by atoms with Gasteiger partial charge in [-0.1, -0.05) is 49.3 Å². The molecule has 0 unspecified atom stereocenters. The lowest BCUT2D eigenvalue weighted by Gasteiger charge is -2.04. The van der Waals surface area contributed by atoms with Crippen LogP contribution in [0.25, 0.3) is 11.0 Å². The van der Waals surface area contributed by atoms with Crippen LogP contribution in [0.2, 0.25) is 24.8 Å². The number of hydrogen-bond donors (Lipinski definition) is 0. The Morgan fingerprint density at radius 3 is 2.24 bits per heavy atom. The molecule has 0 saturated heterocycles. The molecule has 2 aromatic rings. The van der Waals surface area contributed by atoms with Gasteiger partial charge in [0.1, 0.15) is 8.07 Å². The third-order valence-electron chi connectivity index (χ3n) is 2.08. The molecule has 0 saturated carbocycles. The van der Waals surface area contributed by atoms with Crippen LogP contribution in [0.4, 0.5) is 0 Å². The molecule has 2 nitrogen and oxygen atoms in total. The van der Waals surface area contributed by atoms with Crippen molar-refractivity contribution >= 4 is 30.7 Å². The molecule has 1 heterocycles. The molecule has 0 amide bonds. The highest BCUT2D eigenvalue weighted by atomic mass is 35.5. The number of rotatable bonds is 0. The summed E-state index contributed by atoms with van der Waals surface area (Å²) in [4.78, 5) is 8.72. The molecule has 1 aromatic heterocycles. The van der Waals surface area contributed by atoms with E-state index in [4.69, 9.17) is 11.6 Å². The molecule has 4 heteroatoms. The van der Waals surface area contributed by atoms with E-state index < -0.39 is 8.07 Å². The van der Waals surface area contributed by atoms with Crippen LogP contribution in [-0.2, 0) is 0 Å². The number of benzene rings is 1. The van der Waals surface area contributed by atoms with Gasteiger partial charge in [0.05, 0.1) is 11.0 Å². The number of hydrogen-bond acceptors (Lipinski definition) is 2. The lowest BCUT2D eigenvalue weighted by Crippen LogP contribution is -2.16. The average Bonchev–Trinajstić information content (AvgIpc) is 2.25. The maximum absolute atomic E-state index is 6.07. The molecule has 0 atom stereocenters. The third-order valence-corrected chi connectivity index (χ3v) is 3.22. The van der Waals surface area contributed by atoms with Crippen molar-refractivity contribution in [3.8, 4) is 11.5 Å². The van der Waals surface area contributed by atoms with E-state index >= 15 is 0 Å². The van der Waals surface area contributed by atoms with Crippen LogP contribution in [-0.4, -0.2) is 18.0 Å². The van der Waals surface area contributed by atoms with Crippen LogP contribution in [0.15, 0.2) is 24.3 Å². The number of halogens is 1. The van der Waals surface area contributed by atoms with Crippen LogP contribution in [0, 0.1) is 11.5 Å². The maximum atomic E-state index is 6.07. The molecule has 0 aliphatic heterocycles. The maximum Gasteiger partial charge on any atom is 0.163 e. The molecule has 0 spiro atoms. The van der Waals surface area contributed by atoms with Crippen molar-refractivity contribution < 1.29 is 0 Å². The lowest BCUT2D eigenvalue weighted by atomic mass is 10.3. The molecule has 0 bridgehead atoms.